The summed E-state index contributed by atoms with van der Waals surface area (Å²) in [7, 11) is 0. The molecule has 0 spiro atoms. The molecular weight excluding hydrogens is 386 g/mol. The van der Waals surface area contributed by atoms with E-state index in [1.807, 2.05) is 36.4 Å². The Labute approximate surface area is 174 Å². The fourth-order valence-electron chi connectivity index (χ4n) is 3.88. The maximum Gasteiger partial charge on any atom is 0.248 e. The topological polar surface area (TPSA) is 98.1 Å². The quantitative estimate of drug-likeness (QED) is 0.670. The van der Waals surface area contributed by atoms with Gasteiger partial charge in [0.15, 0.2) is 0 Å². The highest BCUT2D eigenvalue weighted by atomic mass is 35.5. The summed E-state index contributed by atoms with van der Waals surface area (Å²) in [5.74, 6) is -0.219. The smallest absolute Gasteiger partial charge is 0.248 e. The van der Waals surface area contributed by atoms with Gasteiger partial charge in [-0.1, -0.05) is 35.9 Å². The van der Waals surface area contributed by atoms with Gasteiger partial charge in [0, 0.05) is 28.9 Å². The van der Waals surface area contributed by atoms with Crippen molar-refractivity contribution in [2.45, 2.75) is 25.4 Å². The zero-order chi connectivity index (χ0) is 20.4. The van der Waals surface area contributed by atoms with Gasteiger partial charge in [-0.15, -0.1) is 0 Å². The lowest BCUT2D eigenvalue weighted by molar-refractivity contribution is 0.100. The third-order valence-electron chi connectivity index (χ3n) is 5.27. The summed E-state index contributed by atoms with van der Waals surface area (Å²) >= 11 is 6.02. The molecule has 1 aliphatic rings. The lowest BCUT2D eigenvalue weighted by atomic mass is 9.98. The second-order valence-corrected chi connectivity index (χ2v) is 7.66. The fraction of sp³-hybridized carbons (Fsp3) is 0.227. The maximum atomic E-state index is 11.6. The molecule has 1 amide bonds. The Hall–Kier alpha value is -2.96. The summed E-state index contributed by atoms with van der Waals surface area (Å²) in [5, 5.41) is 0.729. The van der Waals surface area contributed by atoms with Crippen LogP contribution in [-0.4, -0.2) is 27.3 Å². The summed E-state index contributed by atoms with van der Waals surface area (Å²) in [6, 6.07) is 15.2. The van der Waals surface area contributed by atoms with Gasteiger partial charge in [-0.25, -0.2) is 9.97 Å². The molecule has 1 atom stereocenters. The van der Waals surface area contributed by atoms with Crippen molar-refractivity contribution in [3.8, 4) is 11.1 Å². The number of carbonyl (C=O) groups is 1. The number of likely N-dealkylation sites (tertiary alicyclic amines) is 1. The largest absolute Gasteiger partial charge is 0.368 e. The molecule has 7 heteroatoms. The predicted octanol–water partition coefficient (Wildman–Crippen LogP) is 3.82. The summed E-state index contributed by atoms with van der Waals surface area (Å²) < 4.78 is 0. The molecule has 2 heterocycles. The number of carbonyl (C=O) groups excluding carboxylic acids is 1. The highest BCUT2D eigenvalue weighted by Crippen LogP contribution is 2.37. The number of halogens is 1. The summed E-state index contributed by atoms with van der Waals surface area (Å²) in [6.07, 6.45) is 3.78. The molecule has 0 unspecified atom stereocenters. The zero-order valence-corrected chi connectivity index (χ0v) is 16.6. The van der Waals surface area contributed by atoms with Gasteiger partial charge in [0.25, 0.3) is 0 Å². The molecule has 3 aromatic rings. The fourth-order valence-corrected chi connectivity index (χ4v) is 4.00. The molecule has 0 bridgehead atoms. The second kappa shape index (κ2) is 8.19. The number of nitrogen functional groups attached to an aromatic ring is 1. The van der Waals surface area contributed by atoms with Crippen molar-refractivity contribution in [2.24, 2.45) is 5.73 Å². The van der Waals surface area contributed by atoms with Crippen LogP contribution in [0.3, 0.4) is 0 Å². The van der Waals surface area contributed by atoms with Crippen LogP contribution in [0.5, 0.6) is 0 Å². The number of hydrogen-bond donors (Lipinski definition) is 2. The average Bonchev–Trinajstić information content (AvgIpc) is 3.17. The van der Waals surface area contributed by atoms with Crippen molar-refractivity contribution in [3.05, 3.63) is 76.6 Å². The number of aromatic nitrogens is 2. The molecule has 0 aliphatic carbocycles. The minimum atomic E-state index is -0.463. The van der Waals surface area contributed by atoms with E-state index in [-0.39, 0.29) is 12.0 Å². The third kappa shape index (κ3) is 4.23. The normalized spacial score (nSPS) is 16.8. The molecule has 29 heavy (non-hydrogen) atoms. The van der Waals surface area contributed by atoms with Crippen LogP contribution in [-0.2, 0) is 6.54 Å². The summed E-state index contributed by atoms with van der Waals surface area (Å²) in [5.41, 5.74) is 15.6. The van der Waals surface area contributed by atoms with E-state index in [0.717, 1.165) is 47.8 Å². The molecule has 6 nitrogen and oxygen atoms in total. The van der Waals surface area contributed by atoms with Crippen LogP contribution in [0.15, 0.2) is 54.7 Å². The van der Waals surface area contributed by atoms with Crippen molar-refractivity contribution in [1.82, 2.24) is 14.9 Å². The van der Waals surface area contributed by atoms with E-state index >= 15 is 0 Å². The molecule has 1 saturated heterocycles. The predicted molar refractivity (Wildman–Crippen MR) is 114 cm³/mol. The second-order valence-electron chi connectivity index (χ2n) is 7.23. The Morgan fingerprint density at radius 3 is 2.76 bits per heavy atom. The van der Waals surface area contributed by atoms with Crippen molar-refractivity contribution in [3.63, 3.8) is 0 Å². The first-order valence-corrected chi connectivity index (χ1v) is 9.90. The number of primary amides is 1. The Kier molecular flexibility index (Phi) is 5.47. The van der Waals surface area contributed by atoms with E-state index in [0.29, 0.717) is 5.56 Å². The Balaban J connectivity index is 1.70. The molecule has 1 aliphatic heterocycles. The van der Waals surface area contributed by atoms with Crippen LogP contribution in [0.25, 0.3) is 11.1 Å². The number of hydrogen-bond acceptors (Lipinski definition) is 5. The standard InChI is InChI=1S/C22H22ClN5O/c23-17-8-6-14(7-9-17)13-28-10-2-5-19(28)20-18(12-26-22(25)27-20)15-3-1-4-16(11-15)21(24)29/h1,3-4,6-9,11-12,19H,2,5,10,13H2,(H2,24,29)(H2,25,26,27)/t19-/m0/s1. The summed E-state index contributed by atoms with van der Waals surface area (Å²) in [4.78, 5) is 22.8. The van der Waals surface area contributed by atoms with Crippen LogP contribution < -0.4 is 11.5 Å². The van der Waals surface area contributed by atoms with E-state index in [1.54, 1.807) is 18.3 Å². The van der Waals surface area contributed by atoms with Gasteiger partial charge in [-0.2, -0.15) is 0 Å². The van der Waals surface area contributed by atoms with Crippen molar-refractivity contribution < 1.29 is 4.79 Å². The van der Waals surface area contributed by atoms with E-state index in [4.69, 9.17) is 23.1 Å². The van der Waals surface area contributed by atoms with E-state index in [9.17, 15) is 4.79 Å². The van der Waals surface area contributed by atoms with Crippen LogP contribution in [0.4, 0.5) is 5.95 Å². The van der Waals surface area contributed by atoms with Gasteiger partial charge in [0.2, 0.25) is 11.9 Å². The Bertz CT molecular complexity index is 1040. The van der Waals surface area contributed by atoms with Crippen molar-refractivity contribution in [1.29, 1.82) is 0 Å². The molecular formula is C22H22ClN5O. The molecule has 148 valence electrons. The number of rotatable bonds is 5. The highest BCUT2D eigenvalue weighted by molar-refractivity contribution is 6.30. The lowest BCUT2D eigenvalue weighted by Gasteiger charge is -2.26. The maximum absolute atomic E-state index is 11.6. The lowest BCUT2D eigenvalue weighted by Crippen LogP contribution is -2.24. The first kappa shape index (κ1) is 19.4. The van der Waals surface area contributed by atoms with Crippen molar-refractivity contribution >= 4 is 23.5 Å². The van der Waals surface area contributed by atoms with Gasteiger partial charge in [-0.3, -0.25) is 9.69 Å². The van der Waals surface area contributed by atoms with Gasteiger partial charge in [-0.05, 0) is 54.8 Å². The van der Waals surface area contributed by atoms with E-state index in [1.165, 1.54) is 5.56 Å². The minimum absolute atomic E-state index is 0.114. The Morgan fingerprint density at radius 2 is 2.00 bits per heavy atom. The monoisotopic (exact) mass is 407 g/mol. The van der Waals surface area contributed by atoms with Gasteiger partial charge in [0.05, 0.1) is 11.7 Å². The molecule has 1 aromatic heterocycles. The first-order valence-electron chi connectivity index (χ1n) is 9.52. The number of nitrogens with zero attached hydrogens (tertiary/aromatic N) is 3. The average molecular weight is 408 g/mol. The van der Waals surface area contributed by atoms with Gasteiger partial charge < -0.3 is 11.5 Å². The van der Waals surface area contributed by atoms with Crippen molar-refractivity contribution in [2.75, 3.05) is 12.3 Å². The third-order valence-corrected chi connectivity index (χ3v) is 5.53. The van der Waals surface area contributed by atoms with Crippen LogP contribution in [0, 0.1) is 0 Å². The molecule has 4 N–H and O–H groups in total. The molecule has 0 radical (unpaired) electrons. The van der Waals surface area contributed by atoms with Gasteiger partial charge in [0.1, 0.15) is 0 Å². The van der Waals surface area contributed by atoms with E-state index in [2.05, 4.69) is 14.9 Å². The number of anilines is 1. The molecule has 4 rings (SSSR count). The van der Waals surface area contributed by atoms with Gasteiger partial charge >= 0.3 is 0 Å². The number of benzene rings is 2. The van der Waals surface area contributed by atoms with E-state index < -0.39 is 5.91 Å². The summed E-state index contributed by atoms with van der Waals surface area (Å²) in [6.45, 7) is 1.77. The molecule has 2 aromatic carbocycles. The number of nitrogens with two attached hydrogens (primary N) is 2. The van der Waals surface area contributed by atoms with Crippen LogP contribution in [0.2, 0.25) is 5.02 Å². The van der Waals surface area contributed by atoms with Crippen LogP contribution in [0.1, 0.15) is 40.5 Å². The number of amides is 1. The zero-order valence-electron chi connectivity index (χ0n) is 15.9. The minimum Gasteiger partial charge on any atom is -0.368 e. The molecule has 0 saturated carbocycles. The highest BCUT2D eigenvalue weighted by Gasteiger charge is 2.30. The first-order chi connectivity index (χ1) is 14.0. The molecule has 1 fully saturated rings. The Morgan fingerprint density at radius 1 is 1.21 bits per heavy atom. The SMILES string of the molecule is NC(=O)c1cccc(-c2cnc(N)nc2[C@@H]2CCCN2Cc2ccc(Cl)cc2)c1. The van der Waals surface area contributed by atoms with Crippen LogP contribution >= 0.6 is 11.6 Å².